The van der Waals surface area contributed by atoms with Gasteiger partial charge in [0, 0.05) is 28.9 Å². The van der Waals surface area contributed by atoms with Gasteiger partial charge in [0.05, 0.1) is 11.1 Å². The third kappa shape index (κ3) is 3.99. The molecule has 32 heavy (non-hydrogen) atoms. The minimum atomic E-state index is -4.39. The fourth-order valence-corrected chi connectivity index (χ4v) is 4.87. The van der Waals surface area contributed by atoms with Gasteiger partial charge in [0.1, 0.15) is 0 Å². The first kappa shape index (κ1) is 20.7. The SMILES string of the molecule is FC(F)(F)c1ccccc1-c1cccc2c(CCCC3CCc4ccccc4N3)c[nH]c12. The van der Waals surface area contributed by atoms with Crippen molar-refractivity contribution in [3.63, 3.8) is 0 Å². The number of benzene rings is 3. The number of alkyl halides is 3. The molecule has 0 saturated carbocycles. The molecule has 3 aromatic carbocycles. The van der Waals surface area contributed by atoms with Crippen LogP contribution in [0.3, 0.4) is 0 Å². The van der Waals surface area contributed by atoms with Crippen LogP contribution in [-0.2, 0) is 19.0 Å². The fraction of sp³-hybridized carbons (Fsp3) is 0.259. The number of para-hydroxylation sites is 2. The lowest BCUT2D eigenvalue weighted by Crippen LogP contribution is -2.25. The van der Waals surface area contributed by atoms with E-state index in [-0.39, 0.29) is 5.56 Å². The Balaban J connectivity index is 1.34. The zero-order valence-corrected chi connectivity index (χ0v) is 17.7. The Hall–Kier alpha value is -3.21. The van der Waals surface area contributed by atoms with E-state index >= 15 is 0 Å². The van der Waals surface area contributed by atoms with Crippen LogP contribution < -0.4 is 5.32 Å². The highest BCUT2D eigenvalue weighted by Crippen LogP contribution is 2.39. The number of aromatic nitrogens is 1. The molecule has 5 rings (SSSR count). The van der Waals surface area contributed by atoms with Crippen LogP contribution in [0.25, 0.3) is 22.0 Å². The zero-order chi connectivity index (χ0) is 22.1. The van der Waals surface area contributed by atoms with Crippen molar-refractivity contribution < 1.29 is 13.2 Å². The number of rotatable bonds is 5. The molecule has 0 aliphatic carbocycles. The molecule has 4 aromatic rings. The summed E-state index contributed by atoms with van der Waals surface area (Å²) >= 11 is 0. The standard InChI is InChI=1S/C27H25F3N2/c28-27(29,30)24-13-3-2-10-22(24)23-12-6-11-21-19(17-31-26(21)23)8-5-9-20-16-15-18-7-1-4-14-25(18)32-20/h1-4,6-7,10-14,17,20,31-32H,5,8-9,15-16H2. The second-order valence-corrected chi connectivity index (χ2v) is 8.51. The molecule has 0 spiro atoms. The highest BCUT2D eigenvalue weighted by Gasteiger charge is 2.33. The van der Waals surface area contributed by atoms with Gasteiger partial charge >= 0.3 is 6.18 Å². The Kier molecular flexibility index (Phi) is 5.41. The summed E-state index contributed by atoms with van der Waals surface area (Å²) < 4.78 is 40.7. The number of halogens is 3. The summed E-state index contributed by atoms with van der Waals surface area (Å²) in [6.07, 6.45) is 2.78. The summed E-state index contributed by atoms with van der Waals surface area (Å²) in [5, 5.41) is 4.65. The van der Waals surface area contributed by atoms with Crippen molar-refractivity contribution in [2.45, 2.75) is 44.3 Å². The highest BCUT2D eigenvalue weighted by atomic mass is 19.4. The first-order valence-corrected chi connectivity index (χ1v) is 11.1. The van der Waals surface area contributed by atoms with Gasteiger partial charge in [-0.1, -0.05) is 54.6 Å². The third-order valence-electron chi connectivity index (χ3n) is 6.46. The topological polar surface area (TPSA) is 27.8 Å². The lowest BCUT2D eigenvalue weighted by atomic mass is 9.93. The molecule has 2 nitrogen and oxygen atoms in total. The van der Waals surface area contributed by atoms with E-state index in [1.807, 2.05) is 18.3 Å². The van der Waals surface area contributed by atoms with Crippen molar-refractivity contribution in [2.24, 2.45) is 0 Å². The number of fused-ring (bicyclic) bond motifs is 2. The largest absolute Gasteiger partial charge is 0.417 e. The monoisotopic (exact) mass is 434 g/mol. The first-order valence-electron chi connectivity index (χ1n) is 11.1. The number of nitrogens with one attached hydrogen (secondary N) is 2. The Morgan fingerprint density at radius 1 is 0.875 bits per heavy atom. The van der Waals surface area contributed by atoms with Crippen molar-refractivity contribution in [1.29, 1.82) is 0 Å². The number of aryl methyl sites for hydroxylation is 2. The molecule has 2 N–H and O–H groups in total. The predicted molar refractivity (Wildman–Crippen MR) is 124 cm³/mol. The summed E-state index contributed by atoms with van der Waals surface area (Å²) in [6.45, 7) is 0. The van der Waals surface area contributed by atoms with Crippen LogP contribution in [-0.4, -0.2) is 11.0 Å². The maximum atomic E-state index is 13.6. The van der Waals surface area contributed by atoms with Gasteiger partial charge in [-0.15, -0.1) is 0 Å². The first-order chi connectivity index (χ1) is 15.5. The number of hydrogen-bond acceptors (Lipinski definition) is 1. The van der Waals surface area contributed by atoms with Gasteiger partial charge in [-0.3, -0.25) is 0 Å². The Labute approximate surface area is 185 Å². The van der Waals surface area contributed by atoms with E-state index in [1.54, 1.807) is 18.2 Å². The third-order valence-corrected chi connectivity index (χ3v) is 6.46. The van der Waals surface area contributed by atoms with E-state index in [0.717, 1.165) is 54.6 Å². The van der Waals surface area contributed by atoms with Gasteiger partial charge in [-0.05, 0) is 60.9 Å². The molecule has 1 unspecified atom stereocenters. The second-order valence-electron chi connectivity index (χ2n) is 8.51. The Bertz CT molecular complexity index is 1240. The zero-order valence-electron chi connectivity index (χ0n) is 17.7. The molecule has 1 aliphatic rings. The Morgan fingerprint density at radius 3 is 2.53 bits per heavy atom. The van der Waals surface area contributed by atoms with Crippen LogP contribution in [0.15, 0.2) is 72.9 Å². The molecule has 164 valence electrons. The van der Waals surface area contributed by atoms with Crippen LogP contribution in [0, 0.1) is 0 Å². The van der Waals surface area contributed by atoms with Gasteiger partial charge in [0.25, 0.3) is 0 Å². The highest BCUT2D eigenvalue weighted by molar-refractivity contribution is 5.96. The van der Waals surface area contributed by atoms with Gasteiger partial charge in [0.2, 0.25) is 0 Å². The van der Waals surface area contributed by atoms with Crippen molar-refractivity contribution in [1.82, 2.24) is 4.98 Å². The number of aromatic amines is 1. The quantitative estimate of drug-likeness (QED) is 0.332. The van der Waals surface area contributed by atoms with Crippen molar-refractivity contribution in [2.75, 3.05) is 5.32 Å². The van der Waals surface area contributed by atoms with E-state index in [1.165, 1.54) is 17.3 Å². The van der Waals surface area contributed by atoms with Gasteiger partial charge in [-0.25, -0.2) is 0 Å². The molecule has 1 atom stereocenters. The van der Waals surface area contributed by atoms with E-state index in [2.05, 4.69) is 34.6 Å². The van der Waals surface area contributed by atoms with Gasteiger partial charge in [-0.2, -0.15) is 13.2 Å². The smallest absolute Gasteiger partial charge is 0.382 e. The van der Waals surface area contributed by atoms with E-state index in [0.29, 0.717) is 11.6 Å². The summed E-state index contributed by atoms with van der Waals surface area (Å²) in [4.78, 5) is 3.25. The number of H-pyrrole nitrogens is 1. The number of hydrogen-bond donors (Lipinski definition) is 2. The average molecular weight is 435 g/mol. The molecule has 0 saturated heterocycles. The minimum Gasteiger partial charge on any atom is -0.382 e. The van der Waals surface area contributed by atoms with Gasteiger partial charge in [0.15, 0.2) is 0 Å². The predicted octanol–water partition coefficient (Wildman–Crippen LogP) is 7.60. The molecule has 1 aliphatic heterocycles. The molecule has 0 amide bonds. The van der Waals surface area contributed by atoms with E-state index < -0.39 is 11.7 Å². The normalized spacial score (nSPS) is 16.0. The maximum absolute atomic E-state index is 13.6. The molecule has 5 heteroatoms. The molecule has 1 aromatic heterocycles. The van der Waals surface area contributed by atoms with Crippen LogP contribution in [0.5, 0.6) is 0 Å². The second kappa shape index (κ2) is 8.38. The summed E-state index contributed by atoms with van der Waals surface area (Å²) in [5.41, 5.74) is 4.74. The summed E-state index contributed by atoms with van der Waals surface area (Å²) in [5.74, 6) is 0. The van der Waals surface area contributed by atoms with Crippen LogP contribution in [0.2, 0.25) is 0 Å². The van der Waals surface area contributed by atoms with E-state index in [4.69, 9.17) is 0 Å². The molecular weight excluding hydrogens is 409 g/mol. The molecule has 2 heterocycles. The summed E-state index contributed by atoms with van der Waals surface area (Å²) in [7, 11) is 0. The number of anilines is 1. The van der Waals surface area contributed by atoms with Crippen LogP contribution >= 0.6 is 0 Å². The lowest BCUT2D eigenvalue weighted by molar-refractivity contribution is -0.137. The Morgan fingerprint density at radius 2 is 1.66 bits per heavy atom. The molecule has 0 radical (unpaired) electrons. The lowest BCUT2D eigenvalue weighted by Gasteiger charge is -2.27. The molecule has 0 fully saturated rings. The van der Waals surface area contributed by atoms with E-state index in [9.17, 15) is 13.2 Å². The van der Waals surface area contributed by atoms with Crippen LogP contribution in [0.1, 0.15) is 36.0 Å². The fourth-order valence-electron chi connectivity index (χ4n) is 4.87. The molecular formula is C27H25F3N2. The molecule has 0 bridgehead atoms. The minimum absolute atomic E-state index is 0.212. The van der Waals surface area contributed by atoms with Gasteiger partial charge < -0.3 is 10.3 Å². The van der Waals surface area contributed by atoms with Crippen molar-refractivity contribution in [3.05, 3.63) is 89.6 Å². The van der Waals surface area contributed by atoms with Crippen LogP contribution in [0.4, 0.5) is 18.9 Å². The maximum Gasteiger partial charge on any atom is 0.417 e. The van der Waals surface area contributed by atoms with Crippen molar-refractivity contribution in [3.8, 4) is 11.1 Å². The summed E-state index contributed by atoms with van der Waals surface area (Å²) in [6, 6.07) is 20.3. The average Bonchev–Trinajstić information content (AvgIpc) is 3.22. The van der Waals surface area contributed by atoms with Crippen molar-refractivity contribution >= 4 is 16.6 Å².